The molecule has 148 valence electrons. The summed E-state index contributed by atoms with van der Waals surface area (Å²) in [6, 6.07) is 19.4. The summed E-state index contributed by atoms with van der Waals surface area (Å²) in [5.74, 6) is 1.08. The lowest BCUT2D eigenvalue weighted by atomic mass is 10.1. The Kier molecular flexibility index (Phi) is 5.21. The van der Waals surface area contributed by atoms with Crippen LogP contribution in [0.1, 0.15) is 17.4 Å². The van der Waals surface area contributed by atoms with Crippen molar-refractivity contribution < 1.29 is 4.74 Å². The van der Waals surface area contributed by atoms with Gasteiger partial charge in [-0.05, 0) is 29.8 Å². The van der Waals surface area contributed by atoms with Crippen molar-refractivity contribution in [2.24, 2.45) is 0 Å². The van der Waals surface area contributed by atoms with Gasteiger partial charge < -0.3 is 10.1 Å². The number of nitrogens with one attached hydrogen (secondary N) is 1. The van der Waals surface area contributed by atoms with Gasteiger partial charge >= 0.3 is 0 Å². The number of anilines is 1. The molecule has 1 aliphatic rings. The molecule has 0 fully saturated rings. The lowest BCUT2D eigenvalue weighted by Crippen LogP contribution is -2.17. The largest absolute Gasteiger partial charge is 0.448 e. The average molecular weight is 434 g/mol. The summed E-state index contributed by atoms with van der Waals surface area (Å²) in [5, 5.41) is 13.4. The summed E-state index contributed by atoms with van der Waals surface area (Å²) in [6.07, 6.45) is 3.05. The van der Waals surface area contributed by atoms with Gasteiger partial charge in [0.15, 0.2) is 11.9 Å². The van der Waals surface area contributed by atoms with E-state index in [0.29, 0.717) is 22.5 Å². The van der Waals surface area contributed by atoms with Crippen LogP contribution in [0.4, 0.5) is 5.69 Å². The fraction of sp³-hybridized carbons (Fsp3) is 0.0909. The summed E-state index contributed by atoms with van der Waals surface area (Å²) >= 11 is 7.73. The number of para-hydroxylation sites is 1. The molecule has 0 unspecified atom stereocenters. The van der Waals surface area contributed by atoms with Crippen molar-refractivity contribution in [3.8, 4) is 17.1 Å². The van der Waals surface area contributed by atoms with E-state index in [4.69, 9.17) is 16.3 Å². The van der Waals surface area contributed by atoms with Crippen molar-refractivity contribution >= 4 is 29.1 Å². The van der Waals surface area contributed by atoms with E-state index in [9.17, 15) is 0 Å². The van der Waals surface area contributed by atoms with Crippen molar-refractivity contribution in [3.05, 3.63) is 89.2 Å². The number of thioether (sulfide) groups is 1. The molecule has 0 radical (unpaired) electrons. The molecule has 1 atom stereocenters. The maximum atomic E-state index is 6.26. The first-order chi connectivity index (χ1) is 14.8. The first-order valence-electron chi connectivity index (χ1n) is 9.31. The first-order valence-corrected chi connectivity index (χ1v) is 10.7. The van der Waals surface area contributed by atoms with Crippen molar-refractivity contribution in [3.63, 3.8) is 0 Å². The van der Waals surface area contributed by atoms with Gasteiger partial charge in [-0.25, -0.2) is 0 Å². The van der Waals surface area contributed by atoms with Gasteiger partial charge in [0.1, 0.15) is 0 Å². The molecule has 0 saturated carbocycles. The Morgan fingerprint density at radius 2 is 1.77 bits per heavy atom. The molecule has 0 saturated heterocycles. The highest BCUT2D eigenvalue weighted by atomic mass is 35.5. The second-order valence-electron chi connectivity index (χ2n) is 6.60. The quantitative estimate of drug-likeness (QED) is 0.433. The van der Waals surface area contributed by atoms with E-state index in [-0.39, 0.29) is 0 Å². The van der Waals surface area contributed by atoms with Crippen LogP contribution in [0.3, 0.4) is 0 Å². The zero-order chi connectivity index (χ0) is 20.3. The normalized spacial score (nSPS) is 14.6. The van der Waals surface area contributed by atoms with Gasteiger partial charge in [0.2, 0.25) is 11.0 Å². The third-order valence-electron chi connectivity index (χ3n) is 4.66. The topological polar surface area (TPSA) is 72.8 Å². The molecule has 2 aromatic carbocycles. The fourth-order valence-electron chi connectivity index (χ4n) is 3.16. The third kappa shape index (κ3) is 3.81. The van der Waals surface area contributed by atoms with E-state index < -0.39 is 6.23 Å². The molecule has 0 amide bonds. The molecule has 4 aromatic rings. The monoisotopic (exact) mass is 433 g/mol. The van der Waals surface area contributed by atoms with Crippen molar-refractivity contribution in [1.82, 2.24) is 20.2 Å². The Morgan fingerprint density at radius 3 is 2.63 bits per heavy atom. The summed E-state index contributed by atoms with van der Waals surface area (Å²) in [5.41, 5.74) is 4.37. The fourth-order valence-corrected chi connectivity index (χ4v) is 4.22. The Bertz CT molecular complexity index is 1190. The number of nitrogens with zero attached hydrogens (tertiary/aromatic N) is 4. The molecule has 1 N–H and O–H groups in total. The van der Waals surface area contributed by atoms with Crippen molar-refractivity contribution in [1.29, 1.82) is 0 Å². The van der Waals surface area contributed by atoms with Crippen molar-refractivity contribution in [2.75, 3.05) is 5.32 Å². The highest BCUT2D eigenvalue weighted by Crippen LogP contribution is 2.39. The summed E-state index contributed by atoms with van der Waals surface area (Å²) in [6.45, 7) is 0. The van der Waals surface area contributed by atoms with Gasteiger partial charge in [-0.15, -0.1) is 10.2 Å². The minimum Gasteiger partial charge on any atom is -0.448 e. The zero-order valence-electron chi connectivity index (χ0n) is 15.7. The number of rotatable bonds is 4. The molecule has 5 rings (SSSR count). The molecule has 3 heterocycles. The van der Waals surface area contributed by atoms with Crippen LogP contribution in [0, 0.1) is 0 Å². The minimum absolute atomic E-state index is 0.423. The maximum Gasteiger partial charge on any atom is 0.247 e. The number of fused-ring (bicyclic) bond motifs is 3. The summed E-state index contributed by atoms with van der Waals surface area (Å²) in [4.78, 5) is 8.75. The maximum absolute atomic E-state index is 6.26. The van der Waals surface area contributed by atoms with Crippen LogP contribution in [-0.4, -0.2) is 20.2 Å². The number of ether oxygens (including phenoxy) is 1. The van der Waals surface area contributed by atoms with Crippen molar-refractivity contribution in [2.45, 2.75) is 17.1 Å². The molecule has 8 heteroatoms. The van der Waals surface area contributed by atoms with E-state index in [1.165, 1.54) is 11.8 Å². The van der Waals surface area contributed by atoms with Crippen LogP contribution in [-0.2, 0) is 5.75 Å². The van der Waals surface area contributed by atoms with Crippen LogP contribution < -0.4 is 10.1 Å². The number of halogens is 1. The SMILES string of the molecule is Clc1ccccc1CSc1nnc2c(n1)O[C@@H](c1ccncc1)Nc1ccccc1-2. The van der Waals surface area contributed by atoms with E-state index in [1.807, 2.05) is 60.7 Å². The zero-order valence-corrected chi connectivity index (χ0v) is 17.3. The molecule has 0 aliphatic carbocycles. The van der Waals surface area contributed by atoms with E-state index in [1.54, 1.807) is 12.4 Å². The van der Waals surface area contributed by atoms with E-state index in [2.05, 4.69) is 25.5 Å². The number of hydrogen-bond donors (Lipinski definition) is 1. The van der Waals surface area contributed by atoms with E-state index in [0.717, 1.165) is 27.4 Å². The Morgan fingerprint density at radius 1 is 0.967 bits per heavy atom. The molecule has 1 aliphatic heterocycles. The van der Waals surface area contributed by atoms with Gasteiger partial charge in [0.25, 0.3) is 0 Å². The number of hydrogen-bond acceptors (Lipinski definition) is 7. The predicted octanol–water partition coefficient (Wildman–Crippen LogP) is 5.38. The Labute approximate surface area is 182 Å². The van der Waals surface area contributed by atoms with Crippen LogP contribution in [0.25, 0.3) is 11.3 Å². The highest BCUT2D eigenvalue weighted by Gasteiger charge is 2.26. The second-order valence-corrected chi connectivity index (χ2v) is 7.95. The van der Waals surface area contributed by atoms with Crippen LogP contribution in [0.5, 0.6) is 5.88 Å². The highest BCUT2D eigenvalue weighted by molar-refractivity contribution is 7.98. The number of pyridine rings is 1. The van der Waals surface area contributed by atoms with Crippen LogP contribution >= 0.6 is 23.4 Å². The Hall–Kier alpha value is -3.16. The van der Waals surface area contributed by atoms with Gasteiger partial charge in [0, 0.05) is 40.0 Å². The smallest absolute Gasteiger partial charge is 0.247 e. The molecule has 0 bridgehead atoms. The lowest BCUT2D eigenvalue weighted by Gasteiger charge is -2.19. The molecular formula is C22H16ClN5OS. The van der Waals surface area contributed by atoms with Gasteiger partial charge in [0.05, 0.1) is 0 Å². The van der Waals surface area contributed by atoms with Crippen LogP contribution in [0.2, 0.25) is 5.02 Å². The minimum atomic E-state index is -0.423. The lowest BCUT2D eigenvalue weighted by molar-refractivity contribution is 0.225. The third-order valence-corrected chi connectivity index (χ3v) is 5.91. The first kappa shape index (κ1) is 18.8. The molecule has 0 spiro atoms. The second kappa shape index (κ2) is 8.30. The average Bonchev–Trinajstić information content (AvgIpc) is 2.96. The molecular weight excluding hydrogens is 418 g/mol. The molecule has 30 heavy (non-hydrogen) atoms. The summed E-state index contributed by atoms with van der Waals surface area (Å²) < 4.78 is 6.25. The Balaban J connectivity index is 1.49. The predicted molar refractivity (Wildman–Crippen MR) is 118 cm³/mol. The van der Waals surface area contributed by atoms with Gasteiger partial charge in [-0.3, -0.25) is 4.98 Å². The number of aromatic nitrogens is 4. The molecule has 6 nitrogen and oxygen atoms in total. The standard InChI is InChI=1S/C22H16ClN5OS/c23-17-7-3-1-5-15(17)13-30-22-26-21-19(27-28-22)16-6-2-4-8-18(16)25-20(29-21)14-9-11-24-12-10-14/h1-12,20,25H,13H2/t20-/m0/s1. The summed E-state index contributed by atoms with van der Waals surface area (Å²) in [7, 11) is 0. The van der Waals surface area contributed by atoms with E-state index >= 15 is 0 Å². The van der Waals surface area contributed by atoms with Gasteiger partial charge in [-0.2, -0.15) is 4.98 Å². The number of benzene rings is 2. The van der Waals surface area contributed by atoms with Gasteiger partial charge in [-0.1, -0.05) is 59.8 Å². The van der Waals surface area contributed by atoms with Crippen LogP contribution in [0.15, 0.2) is 78.2 Å². The molecule has 2 aromatic heterocycles.